The van der Waals surface area contributed by atoms with E-state index in [2.05, 4.69) is 10.3 Å². The van der Waals surface area contributed by atoms with Crippen LogP contribution in [0.2, 0.25) is 0 Å². The van der Waals surface area contributed by atoms with E-state index in [0.29, 0.717) is 25.4 Å². The Hall–Kier alpha value is -1.86. The molecule has 3 N–H and O–H groups in total. The van der Waals surface area contributed by atoms with Crippen LogP contribution in [0.4, 0.5) is 4.79 Å². The van der Waals surface area contributed by atoms with Crippen molar-refractivity contribution in [3.63, 3.8) is 0 Å². The number of rotatable bonds is 6. The molecule has 7 heteroatoms. The van der Waals surface area contributed by atoms with Crippen LogP contribution in [0, 0.1) is 0 Å². The van der Waals surface area contributed by atoms with Crippen molar-refractivity contribution in [2.24, 2.45) is 0 Å². The molecule has 1 aromatic rings. The van der Waals surface area contributed by atoms with Crippen molar-refractivity contribution in [1.82, 2.24) is 15.2 Å². The summed E-state index contributed by atoms with van der Waals surface area (Å²) in [6.45, 7) is 1.72. The summed E-state index contributed by atoms with van der Waals surface area (Å²) in [6, 6.07) is 3.72. The van der Waals surface area contributed by atoms with Gasteiger partial charge in [-0.1, -0.05) is 0 Å². The minimum absolute atomic E-state index is 0.213. The highest BCUT2D eigenvalue weighted by Gasteiger charge is 2.22. The Bertz CT molecular complexity index is 435. The first-order chi connectivity index (χ1) is 10.1. The number of carboxylic acid groups (broad SMARTS) is 1. The molecule has 0 aliphatic carbocycles. The molecule has 1 aliphatic heterocycles. The third-order valence-electron chi connectivity index (χ3n) is 3.50. The maximum absolute atomic E-state index is 10.8. The van der Waals surface area contributed by atoms with Gasteiger partial charge in [0.15, 0.2) is 0 Å². The maximum atomic E-state index is 10.8. The van der Waals surface area contributed by atoms with Gasteiger partial charge in [0, 0.05) is 38.1 Å². The van der Waals surface area contributed by atoms with E-state index >= 15 is 0 Å². The quantitative estimate of drug-likeness (QED) is 0.709. The van der Waals surface area contributed by atoms with Crippen LogP contribution in [-0.2, 0) is 0 Å². The number of nitrogens with one attached hydrogen (secondary N) is 1. The average molecular weight is 295 g/mol. The third kappa shape index (κ3) is 5.20. The highest BCUT2D eigenvalue weighted by atomic mass is 16.5. The zero-order valence-corrected chi connectivity index (χ0v) is 11.8. The molecule has 7 nitrogen and oxygen atoms in total. The lowest BCUT2D eigenvalue weighted by Gasteiger charge is -2.31. The molecule has 0 radical (unpaired) electrons. The summed E-state index contributed by atoms with van der Waals surface area (Å²) in [5.41, 5.74) is 0. The zero-order chi connectivity index (χ0) is 15.1. The van der Waals surface area contributed by atoms with E-state index in [-0.39, 0.29) is 12.6 Å². The van der Waals surface area contributed by atoms with Gasteiger partial charge in [0.2, 0.25) is 0 Å². The number of aliphatic hydroxyl groups is 1. The van der Waals surface area contributed by atoms with Gasteiger partial charge >= 0.3 is 6.09 Å². The lowest BCUT2D eigenvalue weighted by molar-refractivity contribution is 0.0962. The van der Waals surface area contributed by atoms with E-state index < -0.39 is 12.2 Å². The van der Waals surface area contributed by atoms with Gasteiger partial charge in [-0.05, 0) is 25.0 Å². The van der Waals surface area contributed by atoms with Gasteiger partial charge in [0.25, 0.3) is 0 Å². The second-order valence-electron chi connectivity index (χ2n) is 5.10. The molecule has 0 bridgehead atoms. The molecular formula is C14H21N3O4. The normalized spacial score (nSPS) is 17.5. The van der Waals surface area contributed by atoms with E-state index in [4.69, 9.17) is 9.84 Å². The van der Waals surface area contributed by atoms with Crippen LogP contribution in [0.25, 0.3) is 0 Å². The molecule has 1 atom stereocenters. The topological polar surface area (TPSA) is 94.9 Å². The Morgan fingerprint density at radius 3 is 2.71 bits per heavy atom. The first-order valence-corrected chi connectivity index (χ1v) is 7.07. The summed E-state index contributed by atoms with van der Waals surface area (Å²) >= 11 is 0. The summed E-state index contributed by atoms with van der Waals surface area (Å²) < 4.78 is 5.44. The molecule has 1 unspecified atom stereocenters. The smallest absolute Gasteiger partial charge is 0.407 e. The molecular weight excluding hydrogens is 274 g/mol. The van der Waals surface area contributed by atoms with Crippen LogP contribution in [0.3, 0.4) is 0 Å². The lowest BCUT2D eigenvalue weighted by atomic mass is 10.1. The number of aromatic nitrogens is 1. The Morgan fingerprint density at radius 2 is 2.10 bits per heavy atom. The second kappa shape index (κ2) is 7.80. The molecule has 1 aromatic heterocycles. The minimum atomic E-state index is -0.862. The number of hydrogen-bond acceptors (Lipinski definition) is 5. The Kier molecular flexibility index (Phi) is 5.77. The molecule has 2 rings (SSSR count). The van der Waals surface area contributed by atoms with Crippen molar-refractivity contribution in [3.05, 3.63) is 24.5 Å². The molecule has 1 amide bonds. The molecule has 0 saturated carbocycles. The molecule has 0 spiro atoms. The van der Waals surface area contributed by atoms with Gasteiger partial charge in [0.1, 0.15) is 18.5 Å². The highest BCUT2D eigenvalue weighted by Crippen LogP contribution is 2.10. The van der Waals surface area contributed by atoms with E-state index in [9.17, 15) is 9.90 Å². The van der Waals surface area contributed by atoms with Crippen molar-refractivity contribution in [2.75, 3.05) is 26.2 Å². The van der Waals surface area contributed by atoms with Crippen molar-refractivity contribution in [1.29, 1.82) is 0 Å². The van der Waals surface area contributed by atoms with Crippen molar-refractivity contribution in [2.45, 2.75) is 25.0 Å². The number of pyridine rings is 1. The highest BCUT2D eigenvalue weighted by molar-refractivity contribution is 5.65. The van der Waals surface area contributed by atoms with Crippen molar-refractivity contribution in [3.8, 4) is 5.75 Å². The number of hydrogen-bond donors (Lipinski definition) is 3. The zero-order valence-electron chi connectivity index (χ0n) is 11.8. The minimum Gasteiger partial charge on any atom is -0.491 e. The van der Waals surface area contributed by atoms with E-state index in [1.807, 2.05) is 0 Å². The van der Waals surface area contributed by atoms with Gasteiger partial charge in [0.05, 0.1) is 0 Å². The van der Waals surface area contributed by atoms with Crippen molar-refractivity contribution >= 4 is 6.09 Å². The monoisotopic (exact) mass is 295 g/mol. The number of amides is 1. The van der Waals surface area contributed by atoms with Crippen LogP contribution in [0.5, 0.6) is 5.75 Å². The van der Waals surface area contributed by atoms with Crippen LogP contribution in [-0.4, -0.2) is 64.6 Å². The maximum Gasteiger partial charge on any atom is 0.407 e. The molecule has 21 heavy (non-hydrogen) atoms. The van der Waals surface area contributed by atoms with Gasteiger partial charge in [-0.25, -0.2) is 4.79 Å². The Labute approximate surface area is 123 Å². The summed E-state index contributed by atoms with van der Waals surface area (Å²) in [7, 11) is 0. The molecule has 1 saturated heterocycles. The number of likely N-dealkylation sites (tertiary alicyclic amines) is 1. The number of piperidine rings is 1. The predicted octanol–water partition coefficient (Wildman–Crippen LogP) is 0.553. The molecule has 2 heterocycles. The first kappa shape index (κ1) is 15.5. The summed E-state index contributed by atoms with van der Waals surface area (Å²) in [5, 5.41) is 22.0. The summed E-state index contributed by atoms with van der Waals surface area (Å²) in [5.74, 6) is 0.679. The van der Waals surface area contributed by atoms with Crippen LogP contribution >= 0.6 is 0 Å². The SMILES string of the molecule is O=C(O)N1CCC(NCC(O)COc2ccncc2)CC1. The van der Waals surface area contributed by atoms with E-state index in [1.54, 1.807) is 24.5 Å². The van der Waals surface area contributed by atoms with Crippen LogP contribution < -0.4 is 10.1 Å². The fourth-order valence-corrected chi connectivity index (χ4v) is 2.26. The summed E-state index contributed by atoms with van der Waals surface area (Å²) in [4.78, 5) is 16.1. The predicted molar refractivity (Wildman–Crippen MR) is 76.4 cm³/mol. The average Bonchev–Trinajstić information content (AvgIpc) is 2.52. The summed E-state index contributed by atoms with van der Waals surface area (Å²) in [6.07, 6.45) is 3.34. The largest absolute Gasteiger partial charge is 0.491 e. The number of aliphatic hydroxyl groups excluding tert-OH is 1. The van der Waals surface area contributed by atoms with Crippen LogP contribution in [0.1, 0.15) is 12.8 Å². The van der Waals surface area contributed by atoms with Gasteiger partial charge < -0.3 is 25.2 Å². The fraction of sp³-hybridized carbons (Fsp3) is 0.571. The van der Waals surface area contributed by atoms with Gasteiger partial charge in [-0.3, -0.25) is 4.98 Å². The Balaban J connectivity index is 1.61. The number of ether oxygens (including phenoxy) is 1. The van der Waals surface area contributed by atoms with Crippen LogP contribution in [0.15, 0.2) is 24.5 Å². The molecule has 0 aromatic carbocycles. The number of carbonyl (C=O) groups is 1. The standard InChI is InChI=1S/C14H21N3O4/c18-12(10-21-13-1-5-15-6-2-13)9-16-11-3-7-17(8-4-11)14(19)20/h1-2,5-6,11-12,16,18H,3-4,7-10H2,(H,19,20). The van der Waals surface area contributed by atoms with Crippen molar-refractivity contribution < 1.29 is 19.7 Å². The molecule has 1 fully saturated rings. The third-order valence-corrected chi connectivity index (χ3v) is 3.50. The van der Waals surface area contributed by atoms with E-state index in [0.717, 1.165) is 12.8 Å². The van der Waals surface area contributed by atoms with Gasteiger partial charge in [-0.2, -0.15) is 0 Å². The molecule has 1 aliphatic rings. The molecule has 116 valence electrons. The number of nitrogens with zero attached hydrogens (tertiary/aromatic N) is 2. The lowest BCUT2D eigenvalue weighted by Crippen LogP contribution is -2.46. The fourth-order valence-electron chi connectivity index (χ4n) is 2.26. The first-order valence-electron chi connectivity index (χ1n) is 7.07. The Morgan fingerprint density at radius 1 is 1.43 bits per heavy atom. The second-order valence-corrected chi connectivity index (χ2v) is 5.10. The van der Waals surface area contributed by atoms with Gasteiger partial charge in [-0.15, -0.1) is 0 Å². The van der Waals surface area contributed by atoms with E-state index in [1.165, 1.54) is 4.90 Å².